The van der Waals surface area contributed by atoms with E-state index in [1.807, 2.05) is 11.8 Å². The zero-order valence-corrected chi connectivity index (χ0v) is 20.0. The van der Waals surface area contributed by atoms with E-state index < -0.39 is 0 Å². The van der Waals surface area contributed by atoms with Crippen LogP contribution >= 0.6 is 23.5 Å². The number of carbonyl (C=O) groups is 1. The van der Waals surface area contributed by atoms with Gasteiger partial charge in [-0.15, -0.1) is 11.8 Å². The third kappa shape index (κ3) is 7.16. The Kier molecular flexibility index (Phi) is 7.96. The van der Waals surface area contributed by atoms with Gasteiger partial charge in [0.15, 0.2) is 5.12 Å². The van der Waals surface area contributed by atoms with Crippen molar-refractivity contribution in [2.24, 2.45) is 0 Å². The van der Waals surface area contributed by atoms with Crippen LogP contribution in [0.1, 0.15) is 98.1 Å². The third-order valence-corrected chi connectivity index (χ3v) is 8.13. The Hall–Kier alpha value is -0.410. The fourth-order valence-electron chi connectivity index (χ4n) is 3.61. The molecule has 0 spiro atoms. The van der Waals surface area contributed by atoms with Gasteiger partial charge in [0.25, 0.3) is 0 Å². The van der Waals surface area contributed by atoms with Crippen molar-refractivity contribution in [1.29, 1.82) is 0 Å². The first kappa shape index (κ1) is 22.9. The van der Waals surface area contributed by atoms with Crippen LogP contribution in [-0.4, -0.2) is 15.6 Å². The molecule has 1 aromatic rings. The largest absolute Gasteiger partial charge is 0.288 e. The molecule has 0 saturated heterocycles. The number of benzene rings is 1. The third-order valence-electron chi connectivity index (χ3n) is 5.39. The van der Waals surface area contributed by atoms with Gasteiger partial charge in [0.2, 0.25) is 0 Å². The van der Waals surface area contributed by atoms with E-state index >= 15 is 0 Å². The summed E-state index contributed by atoms with van der Waals surface area (Å²) in [5, 5.41) is 1.25. The lowest BCUT2D eigenvalue weighted by Crippen LogP contribution is -2.23. The molecule has 3 heteroatoms. The summed E-state index contributed by atoms with van der Waals surface area (Å²) in [6, 6.07) is 7.19. The fraction of sp³-hybridized carbons (Fsp3) is 0.708. The Balaban J connectivity index is 2.35. The van der Waals surface area contributed by atoms with Gasteiger partial charge in [0.05, 0.1) is 0 Å². The second-order valence-electron chi connectivity index (χ2n) is 10.0. The van der Waals surface area contributed by atoms with Gasteiger partial charge in [0.1, 0.15) is 0 Å². The first-order valence-corrected chi connectivity index (χ1v) is 12.2. The molecule has 1 aliphatic rings. The highest BCUT2D eigenvalue weighted by Crippen LogP contribution is 2.41. The highest BCUT2D eigenvalue weighted by molar-refractivity contribution is 8.15. The van der Waals surface area contributed by atoms with Gasteiger partial charge >= 0.3 is 0 Å². The molecule has 2 rings (SSSR count). The summed E-state index contributed by atoms with van der Waals surface area (Å²) in [6.07, 6.45) is 7.60. The van der Waals surface area contributed by atoms with Crippen LogP contribution in [0.15, 0.2) is 23.1 Å². The molecular weight excluding hydrogens is 368 g/mol. The predicted octanol–water partition coefficient (Wildman–Crippen LogP) is 7.74. The predicted molar refractivity (Wildman–Crippen MR) is 123 cm³/mol. The van der Waals surface area contributed by atoms with E-state index in [9.17, 15) is 4.79 Å². The Morgan fingerprint density at radius 3 is 1.74 bits per heavy atom. The quantitative estimate of drug-likeness (QED) is 0.511. The van der Waals surface area contributed by atoms with E-state index in [2.05, 4.69) is 59.7 Å². The lowest BCUT2D eigenvalue weighted by Gasteiger charge is -2.30. The van der Waals surface area contributed by atoms with E-state index in [1.54, 1.807) is 18.7 Å². The second-order valence-corrected chi connectivity index (χ2v) is 12.8. The highest BCUT2D eigenvalue weighted by Gasteiger charge is 2.27. The molecule has 0 aromatic heterocycles. The van der Waals surface area contributed by atoms with Gasteiger partial charge in [-0.25, -0.2) is 0 Å². The van der Waals surface area contributed by atoms with Gasteiger partial charge < -0.3 is 0 Å². The molecule has 1 fully saturated rings. The zero-order chi connectivity index (χ0) is 20.2. The Morgan fingerprint density at radius 2 is 1.30 bits per heavy atom. The second kappa shape index (κ2) is 9.39. The van der Waals surface area contributed by atoms with Crippen molar-refractivity contribution < 1.29 is 4.79 Å². The van der Waals surface area contributed by atoms with E-state index in [4.69, 9.17) is 0 Å². The summed E-state index contributed by atoms with van der Waals surface area (Å²) < 4.78 is 0. The highest BCUT2D eigenvalue weighted by atomic mass is 32.2. The van der Waals surface area contributed by atoms with Gasteiger partial charge in [-0.3, -0.25) is 4.79 Å². The summed E-state index contributed by atoms with van der Waals surface area (Å²) >= 11 is 3.61. The minimum absolute atomic E-state index is 0.144. The van der Waals surface area contributed by atoms with Crippen LogP contribution in [-0.2, 0) is 15.6 Å². The summed E-state index contributed by atoms with van der Waals surface area (Å²) in [7, 11) is 0. The summed E-state index contributed by atoms with van der Waals surface area (Å²) in [5.41, 5.74) is 3.12. The number of rotatable bonds is 3. The van der Waals surface area contributed by atoms with Crippen molar-refractivity contribution in [3.05, 3.63) is 29.3 Å². The van der Waals surface area contributed by atoms with E-state index in [1.165, 1.54) is 54.5 Å². The summed E-state index contributed by atoms with van der Waals surface area (Å²) in [4.78, 5) is 13.2. The lowest BCUT2D eigenvalue weighted by atomic mass is 9.81. The molecule has 1 aliphatic carbocycles. The average molecular weight is 407 g/mol. The molecule has 1 saturated carbocycles. The maximum Gasteiger partial charge on any atom is 0.186 e. The molecular formula is C24H38OS2. The molecule has 0 aliphatic heterocycles. The van der Waals surface area contributed by atoms with Crippen molar-refractivity contribution >= 4 is 28.6 Å². The molecule has 0 bridgehead atoms. The molecule has 1 nitrogen and oxygen atoms in total. The van der Waals surface area contributed by atoms with Crippen LogP contribution in [0.25, 0.3) is 0 Å². The molecule has 0 heterocycles. The molecule has 27 heavy (non-hydrogen) atoms. The molecule has 152 valence electrons. The standard InChI is InChI=1S/C24H38OS2/c1-17(25)26-21-12-10-8-9-11-13-22(21)27-20-15-18(23(2,3)4)14-19(16-20)24(5,6)7/h14-16,21-22H,8-13H2,1-7H3. The monoisotopic (exact) mass is 406 g/mol. The van der Waals surface area contributed by atoms with Crippen LogP contribution in [0.4, 0.5) is 0 Å². The lowest BCUT2D eigenvalue weighted by molar-refractivity contribution is -0.109. The molecule has 0 radical (unpaired) electrons. The van der Waals surface area contributed by atoms with E-state index in [0.717, 1.165) is 0 Å². The Morgan fingerprint density at radius 1 is 0.815 bits per heavy atom. The number of carbonyl (C=O) groups excluding carboxylic acids is 1. The zero-order valence-electron chi connectivity index (χ0n) is 18.4. The van der Waals surface area contributed by atoms with Crippen LogP contribution in [0, 0.1) is 0 Å². The molecule has 0 amide bonds. The van der Waals surface area contributed by atoms with Crippen LogP contribution in [0.5, 0.6) is 0 Å². The summed E-state index contributed by atoms with van der Waals surface area (Å²) in [5.74, 6) is 0. The van der Waals surface area contributed by atoms with Crippen molar-refractivity contribution in [3.8, 4) is 0 Å². The number of hydrogen-bond acceptors (Lipinski definition) is 3. The minimum atomic E-state index is 0.144. The molecule has 1 aromatic carbocycles. The van der Waals surface area contributed by atoms with Gasteiger partial charge in [-0.2, -0.15) is 0 Å². The number of thioether (sulfide) groups is 2. The van der Waals surface area contributed by atoms with Crippen molar-refractivity contribution in [2.45, 2.75) is 113 Å². The first-order chi connectivity index (χ1) is 12.5. The SMILES string of the molecule is CC(=O)SC1CCCCCCC1Sc1cc(C(C)(C)C)cc(C(C)(C)C)c1. The smallest absolute Gasteiger partial charge is 0.186 e. The molecule has 2 unspecified atom stereocenters. The van der Waals surface area contributed by atoms with Gasteiger partial charge in [0, 0.05) is 22.3 Å². The molecule has 0 N–H and O–H groups in total. The topological polar surface area (TPSA) is 17.1 Å². The van der Waals surface area contributed by atoms with E-state index in [0.29, 0.717) is 10.5 Å². The van der Waals surface area contributed by atoms with Gasteiger partial charge in [-0.05, 0) is 46.9 Å². The van der Waals surface area contributed by atoms with Crippen LogP contribution in [0.2, 0.25) is 0 Å². The maximum atomic E-state index is 11.8. The van der Waals surface area contributed by atoms with Crippen molar-refractivity contribution in [3.63, 3.8) is 0 Å². The van der Waals surface area contributed by atoms with Crippen LogP contribution < -0.4 is 0 Å². The first-order valence-electron chi connectivity index (χ1n) is 10.5. The summed E-state index contributed by atoms with van der Waals surface area (Å²) in [6.45, 7) is 15.5. The van der Waals surface area contributed by atoms with Crippen molar-refractivity contribution in [2.75, 3.05) is 0 Å². The fourth-order valence-corrected chi connectivity index (χ4v) is 6.25. The van der Waals surface area contributed by atoms with Gasteiger partial charge in [-0.1, -0.05) is 85.1 Å². The normalized spacial score (nSPS) is 22.2. The Labute approximate surface area is 175 Å². The Bertz CT molecular complexity index is 605. The maximum absolute atomic E-state index is 11.8. The van der Waals surface area contributed by atoms with Crippen molar-refractivity contribution in [1.82, 2.24) is 0 Å². The average Bonchev–Trinajstić information content (AvgIpc) is 2.51. The number of hydrogen-bond donors (Lipinski definition) is 0. The van der Waals surface area contributed by atoms with Crippen LogP contribution in [0.3, 0.4) is 0 Å². The minimum Gasteiger partial charge on any atom is -0.288 e. The van der Waals surface area contributed by atoms with E-state index in [-0.39, 0.29) is 15.9 Å². The molecule has 2 atom stereocenters.